The monoisotopic (exact) mass is 456 g/mol. The van der Waals surface area contributed by atoms with Gasteiger partial charge in [0.15, 0.2) is 0 Å². The van der Waals surface area contributed by atoms with E-state index in [4.69, 9.17) is 4.74 Å². The van der Waals surface area contributed by atoms with Crippen molar-refractivity contribution in [2.75, 3.05) is 14.2 Å². The molecule has 0 aliphatic carbocycles. The zero-order valence-electron chi connectivity index (χ0n) is 19.1. The number of rotatable bonds is 4. The Hall–Kier alpha value is -3.68. The van der Waals surface area contributed by atoms with Gasteiger partial charge in [0.2, 0.25) is 0 Å². The SMILES string of the molecule is COC(=O)C(C)(C)n1ccc2c(F)cccc21.COC(=O)C(C)n1ccc2c(F)cccc21. The first-order valence-electron chi connectivity index (χ1n) is 10.3. The lowest BCUT2D eigenvalue weighted by molar-refractivity contribution is -0.149. The van der Waals surface area contributed by atoms with Gasteiger partial charge >= 0.3 is 11.9 Å². The predicted molar refractivity (Wildman–Crippen MR) is 122 cm³/mol. The Morgan fingerprint density at radius 2 is 1.39 bits per heavy atom. The first-order chi connectivity index (χ1) is 15.6. The number of aromatic nitrogens is 2. The highest BCUT2D eigenvalue weighted by atomic mass is 19.1. The molecule has 1 unspecified atom stereocenters. The molecule has 174 valence electrons. The van der Waals surface area contributed by atoms with E-state index in [-0.39, 0.29) is 23.6 Å². The van der Waals surface area contributed by atoms with Gasteiger partial charge in [0, 0.05) is 23.2 Å². The fourth-order valence-electron chi connectivity index (χ4n) is 3.74. The van der Waals surface area contributed by atoms with Gasteiger partial charge in [-0.1, -0.05) is 12.1 Å². The molecular weight excluding hydrogens is 430 g/mol. The van der Waals surface area contributed by atoms with E-state index in [1.807, 2.05) is 0 Å². The summed E-state index contributed by atoms with van der Waals surface area (Å²) in [6.45, 7) is 5.20. The van der Waals surface area contributed by atoms with E-state index < -0.39 is 11.6 Å². The molecule has 0 radical (unpaired) electrons. The third-order valence-electron chi connectivity index (χ3n) is 5.64. The van der Waals surface area contributed by atoms with Crippen molar-refractivity contribution in [1.82, 2.24) is 9.13 Å². The maximum Gasteiger partial charge on any atom is 0.331 e. The Labute approximate surface area is 190 Å². The average Bonchev–Trinajstić information content (AvgIpc) is 3.44. The van der Waals surface area contributed by atoms with Crippen molar-refractivity contribution in [2.24, 2.45) is 0 Å². The highest BCUT2D eigenvalue weighted by Gasteiger charge is 2.31. The van der Waals surface area contributed by atoms with E-state index in [0.29, 0.717) is 21.8 Å². The first kappa shape index (κ1) is 24.0. The number of hydrogen-bond donors (Lipinski definition) is 0. The largest absolute Gasteiger partial charge is 0.467 e. The van der Waals surface area contributed by atoms with Crippen LogP contribution in [0.5, 0.6) is 0 Å². The number of carbonyl (C=O) groups excluding carboxylic acids is 2. The standard InChI is InChI=1S/C13H14FNO2.C12H12FNO2/c1-13(2,12(16)17-3)15-8-7-9-10(14)5-4-6-11(9)15;1-8(12(15)16-2)14-7-6-9-10(13)4-3-5-11(9)14/h4-8H,1-3H3;3-8H,1-2H3. The second kappa shape index (κ2) is 9.44. The summed E-state index contributed by atoms with van der Waals surface area (Å²) in [6, 6.07) is 12.5. The summed E-state index contributed by atoms with van der Waals surface area (Å²) in [7, 11) is 2.68. The van der Waals surface area contributed by atoms with E-state index >= 15 is 0 Å². The van der Waals surface area contributed by atoms with E-state index in [0.717, 1.165) is 0 Å². The molecule has 0 aliphatic heterocycles. The van der Waals surface area contributed by atoms with Crippen LogP contribution in [0.4, 0.5) is 8.78 Å². The molecule has 6 nitrogen and oxygen atoms in total. The van der Waals surface area contributed by atoms with Crippen molar-refractivity contribution in [2.45, 2.75) is 32.4 Å². The van der Waals surface area contributed by atoms with Crippen LogP contribution < -0.4 is 0 Å². The Bertz CT molecular complexity index is 1310. The Morgan fingerprint density at radius 3 is 1.97 bits per heavy atom. The molecule has 4 rings (SSSR count). The summed E-state index contributed by atoms with van der Waals surface area (Å²) in [6.07, 6.45) is 3.39. The molecule has 0 saturated heterocycles. The summed E-state index contributed by atoms with van der Waals surface area (Å²) in [5, 5.41) is 1.02. The molecule has 2 heterocycles. The van der Waals surface area contributed by atoms with Crippen molar-refractivity contribution >= 4 is 33.7 Å². The number of esters is 2. The van der Waals surface area contributed by atoms with E-state index in [1.54, 1.807) is 78.7 Å². The second-order valence-electron chi connectivity index (χ2n) is 8.00. The molecule has 0 amide bonds. The number of nitrogens with zero attached hydrogens (tertiary/aromatic N) is 2. The van der Waals surface area contributed by atoms with Gasteiger partial charge in [-0.15, -0.1) is 0 Å². The quantitative estimate of drug-likeness (QED) is 0.396. The fraction of sp³-hybridized carbons (Fsp3) is 0.280. The van der Waals surface area contributed by atoms with Gasteiger partial charge in [-0.05, 0) is 57.2 Å². The van der Waals surface area contributed by atoms with Gasteiger partial charge in [0.25, 0.3) is 0 Å². The highest BCUT2D eigenvalue weighted by molar-refractivity contribution is 5.86. The van der Waals surface area contributed by atoms with Crippen molar-refractivity contribution in [3.63, 3.8) is 0 Å². The smallest absolute Gasteiger partial charge is 0.331 e. The van der Waals surface area contributed by atoms with Crippen LogP contribution in [0.15, 0.2) is 60.9 Å². The summed E-state index contributed by atoms with van der Waals surface area (Å²) in [5.41, 5.74) is 0.517. The van der Waals surface area contributed by atoms with Crippen LogP contribution in [0.2, 0.25) is 0 Å². The molecule has 0 N–H and O–H groups in total. The third kappa shape index (κ3) is 4.46. The van der Waals surface area contributed by atoms with Crippen molar-refractivity contribution < 1.29 is 27.8 Å². The Morgan fingerprint density at radius 1 is 0.848 bits per heavy atom. The van der Waals surface area contributed by atoms with Crippen molar-refractivity contribution in [3.05, 3.63) is 72.6 Å². The number of carbonyl (C=O) groups is 2. The van der Waals surface area contributed by atoms with Crippen molar-refractivity contribution in [3.8, 4) is 0 Å². The number of halogens is 2. The molecule has 0 saturated carbocycles. The molecule has 33 heavy (non-hydrogen) atoms. The average molecular weight is 456 g/mol. The molecule has 0 fully saturated rings. The van der Waals surface area contributed by atoms with Crippen LogP contribution in [-0.4, -0.2) is 35.3 Å². The molecule has 0 bridgehead atoms. The molecular formula is C25H26F2N2O4. The van der Waals surface area contributed by atoms with Crippen LogP contribution in [0.25, 0.3) is 21.8 Å². The number of ether oxygens (including phenoxy) is 2. The summed E-state index contributed by atoms with van der Waals surface area (Å²) >= 11 is 0. The zero-order chi connectivity index (χ0) is 24.3. The summed E-state index contributed by atoms with van der Waals surface area (Å²) in [5.74, 6) is -1.28. The van der Waals surface area contributed by atoms with Gasteiger partial charge in [-0.2, -0.15) is 0 Å². The lowest BCUT2D eigenvalue weighted by Crippen LogP contribution is -2.36. The zero-order valence-corrected chi connectivity index (χ0v) is 19.1. The number of fused-ring (bicyclic) bond motifs is 2. The number of benzene rings is 2. The number of hydrogen-bond acceptors (Lipinski definition) is 4. The Balaban J connectivity index is 0.000000186. The van der Waals surface area contributed by atoms with Crippen molar-refractivity contribution in [1.29, 1.82) is 0 Å². The van der Waals surface area contributed by atoms with Crippen LogP contribution in [0.1, 0.15) is 26.8 Å². The van der Waals surface area contributed by atoms with Gasteiger partial charge < -0.3 is 18.6 Å². The lowest BCUT2D eigenvalue weighted by atomic mass is 10.1. The highest BCUT2D eigenvalue weighted by Crippen LogP contribution is 2.27. The van der Waals surface area contributed by atoms with Crippen LogP contribution in [-0.2, 0) is 24.6 Å². The van der Waals surface area contributed by atoms with Crippen LogP contribution in [0, 0.1) is 11.6 Å². The van der Waals surface area contributed by atoms with E-state index in [9.17, 15) is 18.4 Å². The minimum Gasteiger partial charge on any atom is -0.467 e. The lowest BCUT2D eigenvalue weighted by Gasteiger charge is -2.24. The van der Waals surface area contributed by atoms with E-state index in [2.05, 4.69) is 4.74 Å². The maximum atomic E-state index is 13.5. The normalized spacial score (nSPS) is 12.2. The Kier molecular flexibility index (Phi) is 6.86. The summed E-state index contributed by atoms with van der Waals surface area (Å²) in [4.78, 5) is 23.1. The van der Waals surface area contributed by atoms with Crippen LogP contribution in [0.3, 0.4) is 0 Å². The topological polar surface area (TPSA) is 62.5 Å². The molecule has 0 aliphatic rings. The second-order valence-corrected chi connectivity index (χ2v) is 8.00. The van der Waals surface area contributed by atoms with Gasteiger partial charge in [-0.25, -0.2) is 18.4 Å². The molecule has 2 aromatic heterocycles. The van der Waals surface area contributed by atoms with Gasteiger partial charge in [0.05, 0.1) is 25.3 Å². The first-order valence-corrected chi connectivity index (χ1v) is 10.3. The van der Waals surface area contributed by atoms with Crippen LogP contribution >= 0.6 is 0 Å². The molecule has 2 aromatic carbocycles. The number of methoxy groups -OCH3 is 2. The minimum absolute atomic E-state index is 0.284. The third-order valence-corrected chi connectivity index (χ3v) is 5.64. The molecule has 4 aromatic rings. The van der Waals surface area contributed by atoms with Gasteiger partial charge in [0.1, 0.15) is 23.2 Å². The van der Waals surface area contributed by atoms with Gasteiger partial charge in [-0.3, -0.25) is 0 Å². The summed E-state index contributed by atoms with van der Waals surface area (Å²) < 4.78 is 39.8. The maximum absolute atomic E-state index is 13.5. The fourth-order valence-corrected chi connectivity index (χ4v) is 3.74. The van der Waals surface area contributed by atoms with E-state index in [1.165, 1.54) is 26.4 Å². The predicted octanol–water partition coefficient (Wildman–Crippen LogP) is 5.20. The molecule has 0 spiro atoms. The molecule has 8 heteroatoms. The minimum atomic E-state index is -0.857. The molecule has 1 atom stereocenters.